The molecule has 0 aliphatic heterocycles. The van der Waals surface area contributed by atoms with Crippen LogP contribution in [-0.4, -0.2) is 27.6 Å². The molecule has 38 heavy (non-hydrogen) atoms. The van der Waals surface area contributed by atoms with Crippen LogP contribution in [0.1, 0.15) is 35.1 Å². The van der Waals surface area contributed by atoms with Crippen molar-refractivity contribution in [1.29, 1.82) is 0 Å². The predicted octanol–water partition coefficient (Wildman–Crippen LogP) is 7.54. The van der Waals surface area contributed by atoms with Gasteiger partial charge in [-0.2, -0.15) is 0 Å². The van der Waals surface area contributed by atoms with Gasteiger partial charge in [-0.3, -0.25) is 10.1 Å². The Morgan fingerprint density at radius 1 is 1.03 bits per heavy atom. The van der Waals surface area contributed by atoms with Crippen molar-refractivity contribution < 1.29 is 19.2 Å². The molecule has 10 heteroatoms. The number of aryl methyl sites for hydroxylation is 3. The molecule has 4 aromatic rings. The van der Waals surface area contributed by atoms with Crippen molar-refractivity contribution in [2.45, 2.75) is 32.7 Å². The highest BCUT2D eigenvalue weighted by atomic mass is 35.5. The molecule has 1 heterocycles. The molecule has 0 radical (unpaired) electrons. The highest BCUT2D eigenvalue weighted by Crippen LogP contribution is 2.31. The molecule has 0 spiro atoms. The number of nitro benzene ring substituents is 1. The second-order valence-corrected chi connectivity index (χ2v) is 9.32. The Morgan fingerprint density at radius 2 is 1.76 bits per heavy atom. The normalized spacial score (nSPS) is 10.8. The van der Waals surface area contributed by atoms with Crippen molar-refractivity contribution in [3.8, 4) is 22.8 Å². The van der Waals surface area contributed by atoms with Crippen LogP contribution in [0.3, 0.4) is 0 Å². The van der Waals surface area contributed by atoms with Gasteiger partial charge < -0.3 is 14.0 Å². The van der Waals surface area contributed by atoms with Gasteiger partial charge in [0.2, 0.25) is 0 Å². The van der Waals surface area contributed by atoms with Crippen LogP contribution in [0.25, 0.3) is 11.3 Å². The molecular weight excluding hydrogens is 529 g/mol. The van der Waals surface area contributed by atoms with E-state index in [9.17, 15) is 14.9 Å². The fourth-order valence-corrected chi connectivity index (χ4v) is 4.58. The average Bonchev–Trinajstić information content (AvgIpc) is 3.31. The molecule has 0 aliphatic carbocycles. The van der Waals surface area contributed by atoms with Gasteiger partial charge in [-0.15, -0.1) is 0 Å². The number of imidazole rings is 1. The molecule has 0 bridgehead atoms. The number of hydrogen-bond acceptors (Lipinski definition) is 6. The summed E-state index contributed by atoms with van der Waals surface area (Å²) < 4.78 is 12.6. The number of nitro groups is 1. The molecular formula is C28H25Cl2N3O5. The maximum atomic E-state index is 11.9. The van der Waals surface area contributed by atoms with E-state index in [1.807, 2.05) is 36.5 Å². The zero-order valence-corrected chi connectivity index (χ0v) is 22.3. The van der Waals surface area contributed by atoms with Gasteiger partial charge in [-0.25, -0.2) is 9.78 Å². The minimum absolute atomic E-state index is 0.168. The number of carbonyl (C=O) groups excluding carboxylic acids is 1. The van der Waals surface area contributed by atoms with Crippen molar-refractivity contribution in [2.24, 2.45) is 0 Å². The lowest BCUT2D eigenvalue weighted by atomic mass is 10.1. The van der Waals surface area contributed by atoms with E-state index in [0.717, 1.165) is 48.5 Å². The van der Waals surface area contributed by atoms with E-state index in [1.54, 1.807) is 12.1 Å². The Hall–Kier alpha value is -3.88. The van der Waals surface area contributed by atoms with Gasteiger partial charge >= 0.3 is 5.97 Å². The molecule has 0 aliphatic rings. The number of ether oxygens (including phenoxy) is 2. The molecule has 0 fully saturated rings. The number of nitrogens with zero attached hydrogens (tertiary/aromatic N) is 3. The number of aromatic nitrogens is 2. The van der Waals surface area contributed by atoms with Crippen LogP contribution in [0, 0.1) is 10.1 Å². The van der Waals surface area contributed by atoms with Gasteiger partial charge in [0.1, 0.15) is 22.9 Å². The maximum Gasteiger partial charge on any atom is 0.345 e. The lowest BCUT2D eigenvalue weighted by Crippen LogP contribution is -2.05. The molecule has 1 aromatic heterocycles. The number of hydrogen-bond donors (Lipinski definition) is 0. The smallest absolute Gasteiger partial charge is 0.345 e. The zero-order valence-electron chi connectivity index (χ0n) is 20.8. The number of esters is 1. The first-order valence-corrected chi connectivity index (χ1v) is 12.7. The Bertz CT molecular complexity index is 1470. The number of benzene rings is 3. The number of rotatable bonds is 10. The van der Waals surface area contributed by atoms with E-state index in [4.69, 9.17) is 32.9 Å². The summed E-state index contributed by atoms with van der Waals surface area (Å²) in [4.78, 5) is 27.3. The van der Waals surface area contributed by atoms with Crippen molar-refractivity contribution >= 4 is 34.9 Å². The van der Waals surface area contributed by atoms with Crippen LogP contribution >= 0.6 is 23.2 Å². The topological polar surface area (TPSA) is 96.5 Å². The second-order valence-electron chi connectivity index (χ2n) is 8.48. The lowest BCUT2D eigenvalue weighted by Gasteiger charge is -2.09. The summed E-state index contributed by atoms with van der Waals surface area (Å²) >= 11 is 12.4. The third-order valence-electron chi connectivity index (χ3n) is 6.00. The number of methoxy groups -OCH3 is 1. The first-order chi connectivity index (χ1) is 18.3. The SMILES string of the molecule is CCn1cc(-c2ccc(Cl)cc2Cl)nc1CCCc1ccc(Oc2ccc([N+](=O)[O-])c(C(=O)OC)c2)cc1. The number of halogens is 2. The Balaban J connectivity index is 1.39. The summed E-state index contributed by atoms with van der Waals surface area (Å²) in [7, 11) is 1.17. The minimum atomic E-state index is -0.801. The summed E-state index contributed by atoms with van der Waals surface area (Å²) in [6.07, 6.45) is 4.56. The summed E-state index contributed by atoms with van der Waals surface area (Å²) in [5.41, 5.74) is 2.30. The quantitative estimate of drug-likeness (QED) is 0.114. The van der Waals surface area contributed by atoms with Crippen LogP contribution in [0.4, 0.5) is 5.69 Å². The molecule has 0 saturated heterocycles. The van der Waals surface area contributed by atoms with Crippen molar-refractivity contribution in [3.05, 3.63) is 104 Å². The molecule has 0 unspecified atom stereocenters. The fourth-order valence-electron chi connectivity index (χ4n) is 4.08. The molecule has 0 atom stereocenters. The lowest BCUT2D eigenvalue weighted by molar-refractivity contribution is -0.385. The Morgan fingerprint density at radius 3 is 2.42 bits per heavy atom. The third kappa shape index (κ3) is 6.33. The van der Waals surface area contributed by atoms with E-state index < -0.39 is 10.9 Å². The molecule has 196 valence electrons. The summed E-state index contributed by atoms with van der Waals surface area (Å²) in [6, 6.07) is 17.0. The second kappa shape index (κ2) is 12.1. The minimum Gasteiger partial charge on any atom is -0.465 e. The molecule has 4 rings (SSSR count). The van der Waals surface area contributed by atoms with Gasteiger partial charge in [0.15, 0.2) is 0 Å². The van der Waals surface area contributed by atoms with E-state index in [0.29, 0.717) is 21.5 Å². The Labute approximate surface area is 229 Å². The molecule has 8 nitrogen and oxygen atoms in total. The molecule has 0 saturated carbocycles. The molecule has 3 aromatic carbocycles. The molecule has 0 amide bonds. The summed E-state index contributed by atoms with van der Waals surface area (Å²) in [5, 5.41) is 12.4. The summed E-state index contributed by atoms with van der Waals surface area (Å²) in [5.74, 6) is 1.04. The van der Waals surface area contributed by atoms with Crippen LogP contribution in [-0.2, 0) is 24.1 Å². The van der Waals surface area contributed by atoms with Gasteiger partial charge in [0.05, 0.1) is 22.7 Å². The van der Waals surface area contributed by atoms with Crippen LogP contribution < -0.4 is 4.74 Å². The largest absolute Gasteiger partial charge is 0.465 e. The van der Waals surface area contributed by atoms with Crippen molar-refractivity contribution in [2.75, 3.05) is 7.11 Å². The first-order valence-electron chi connectivity index (χ1n) is 11.9. The standard InChI is InChI=1S/C28H25Cl2N3O5/c1-3-32-17-25(22-13-9-19(29)15-24(22)30)31-27(32)6-4-5-18-7-10-20(11-8-18)38-21-12-14-26(33(35)36)23(16-21)28(34)37-2/h7-17H,3-6H2,1-2H3. The monoisotopic (exact) mass is 553 g/mol. The predicted molar refractivity (Wildman–Crippen MR) is 146 cm³/mol. The highest BCUT2D eigenvalue weighted by Gasteiger charge is 2.22. The third-order valence-corrected chi connectivity index (χ3v) is 6.55. The van der Waals surface area contributed by atoms with Crippen LogP contribution in [0.15, 0.2) is 66.9 Å². The van der Waals surface area contributed by atoms with Crippen LogP contribution in [0.2, 0.25) is 10.0 Å². The van der Waals surface area contributed by atoms with Gasteiger partial charge in [-0.05, 0) is 61.7 Å². The maximum absolute atomic E-state index is 11.9. The van der Waals surface area contributed by atoms with E-state index in [-0.39, 0.29) is 11.3 Å². The Kier molecular flexibility index (Phi) is 8.66. The van der Waals surface area contributed by atoms with Crippen molar-refractivity contribution in [1.82, 2.24) is 9.55 Å². The van der Waals surface area contributed by atoms with E-state index in [2.05, 4.69) is 16.2 Å². The summed E-state index contributed by atoms with van der Waals surface area (Å²) in [6.45, 7) is 2.89. The van der Waals surface area contributed by atoms with Gasteiger partial charge in [0.25, 0.3) is 5.69 Å². The van der Waals surface area contributed by atoms with Gasteiger partial charge in [0, 0.05) is 41.9 Å². The first kappa shape index (κ1) is 27.2. The highest BCUT2D eigenvalue weighted by molar-refractivity contribution is 6.36. The average molecular weight is 554 g/mol. The zero-order chi connectivity index (χ0) is 27.2. The number of carbonyl (C=O) groups is 1. The molecule has 0 N–H and O–H groups in total. The van der Waals surface area contributed by atoms with Crippen LogP contribution in [0.5, 0.6) is 11.5 Å². The van der Waals surface area contributed by atoms with Crippen molar-refractivity contribution in [3.63, 3.8) is 0 Å². The van der Waals surface area contributed by atoms with E-state index in [1.165, 1.54) is 25.3 Å². The fraction of sp³-hybridized carbons (Fsp3) is 0.214. The van der Waals surface area contributed by atoms with E-state index >= 15 is 0 Å². The van der Waals surface area contributed by atoms with Gasteiger partial charge in [-0.1, -0.05) is 35.3 Å².